The first kappa shape index (κ1) is 16.5. The first-order valence-corrected chi connectivity index (χ1v) is 9.49. The van der Waals surface area contributed by atoms with E-state index < -0.39 is 4.92 Å². The van der Waals surface area contributed by atoms with Crippen molar-refractivity contribution in [1.82, 2.24) is 4.98 Å². The van der Waals surface area contributed by atoms with Gasteiger partial charge in [-0.15, -0.1) is 11.3 Å². The quantitative estimate of drug-likeness (QED) is 0.300. The minimum Gasteiger partial charge on any atom is -0.288 e. The number of carbonyl (C=O) groups excluding carboxylic acids is 1. The number of nitrogens with zero attached hydrogens (tertiary/aromatic N) is 2. The molecule has 28 heavy (non-hydrogen) atoms. The maximum absolute atomic E-state index is 13.1. The van der Waals surface area contributed by atoms with Gasteiger partial charge >= 0.3 is 0 Å². The Morgan fingerprint density at radius 1 is 0.893 bits per heavy atom. The van der Waals surface area contributed by atoms with Crippen LogP contribution in [-0.2, 0) is 0 Å². The molecule has 2 heterocycles. The normalized spacial score (nSPS) is 11.9. The molecule has 0 saturated heterocycles. The van der Waals surface area contributed by atoms with Gasteiger partial charge in [-0.05, 0) is 40.8 Å². The van der Waals surface area contributed by atoms with Crippen molar-refractivity contribution in [3.05, 3.63) is 93.4 Å². The molecular weight excluding hydrogens is 372 g/mol. The Hall–Kier alpha value is -3.64. The lowest BCUT2D eigenvalue weighted by atomic mass is 9.96. The number of non-ortho nitro benzene ring substituents is 1. The molecule has 0 saturated carbocycles. The van der Waals surface area contributed by atoms with Gasteiger partial charge in [0.1, 0.15) is 0 Å². The minimum atomic E-state index is -0.432. The number of thiophene rings is 1. The maximum Gasteiger partial charge on any atom is 0.269 e. The van der Waals surface area contributed by atoms with Crippen LogP contribution in [0.25, 0.3) is 33.0 Å². The highest BCUT2D eigenvalue weighted by Crippen LogP contribution is 2.42. The molecule has 0 amide bonds. The third-order valence-electron chi connectivity index (χ3n) is 4.84. The number of hydrogen-bond acceptors (Lipinski definition) is 5. The number of aromatic nitrogens is 1. The average molecular weight is 384 g/mol. The summed E-state index contributed by atoms with van der Waals surface area (Å²) in [5.41, 5.74) is 4.97. The van der Waals surface area contributed by atoms with E-state index in [9.17, 15) is 14.9 Å². The number of hydrogen-bond donors (Lipinski definition) is 0. The average Bonchev–Trinajstić information content (AvgIpc) is 3.36. The fraction of sp³-hybridized carbons (Fsp3) is 0. The molecular formula is C22H12N2O3S. The van der Waals surface area contributed by atoms with Gasteiger partial charge in [0, 0.05) is 23.3 Å². The van der Waals surface area contributed by atoms with Crippen molar-refractivity contribution in [3.63, 3.8) is 0 Å². The molecule has 134 valence electrons. The van der Waals surface area contributed by atoms with E-state index in [0.717, 1.165) is 27.3 Å². The lowest BCUT2D eigenvalue weighted by Crippen LogP contribution is -2.00. The van der Waals surface area contributed by atoms with Crippen molar-refractivity contribution in [2.45, 2.75) is 0 Å². The molecule has 0 N–H and O–H groups in total. The van der Waals surface area contributed by atoms with Crippen LogP contribution in [0, 0.1) is 10.1 Å². The van der Waals surface area contributed by atoms with Gasteiger partial charge in [0.25, 0.3) is 5.69 Å². The van der Waals surface area contributed by atoms with Crippen molar-refractivity contribution < 1.29 is 9.72 Å². The fourth-order valence-corrected chi connectivity index (χ4v) is 4.22. The Balaban J connectivity index is 1.78. The van der Waals surface area contributed by atoms with E-state index >= 15 is 0 Å². The summed E-state index contributed by atoms with van der Waals surface area (Å²) in [5.74, 6) is -0.0656. The molecule has 0 bridgehead atoms. The topological polar surface area (TPSA) is 73.1 Å². The SMILES string of the molecule is O=C1c2ccccc2-c2nc(-c3cccs3)cc(-c3ccc([N+](=O)[O-])cc3)c21. The van der Waals surface area contributed by atoms with Crippen LogP contribution >= 0.6 is 11.3 Å². The smallest absolute Gasteiger partial charge is 0.269 e. The molecule has 5 nitrogen and oxygen atoms in total. The van der Waals surface area contributed by atoms with Crippen LogP contribution in [-0.4, -0.2) is 15.7 Å². The summed E-state index contributed by atoms with van der Waals surface area (Å²) in [4.78, 5) is 29.5. The molecule has 6 heteroatoms. The monoisotopic (exact) mass is 384 g/mol. The second kappa shape index (κ2) is 6.21. The van der Waals surface area contributed by atoms with Crippen LogP contribution in [0.15, 0.2) is 72.1 Å². The molecule has 2 aromatic carbocycles. The Morgan fingerprint density at radius 2 is 1.64 bits per heavy atom. The lowest BCUT2D eigenvalue weighted by Gasteiger charge is -2.10. The number of carbonyl (C=O) groups is 1. The zero-order valence-electron chi connectivity index (χ0n) is 14.5. The highest BCUT2D eigenvalue weighted by molar-refractivity contribution is 7.13. The number of benzene rings is 2. The van der Waals surface area contributed by atoms with Crippen LogP contribution < -0.4 is 0 Å². The van der Waals surface area contributed by atoms with E-state index in [2.05, 4.69) is 0 Å². The summed E-state index contributed by atoms with van der Waals surface area (Å²) < 4.78 is 0. The van der Waals surface area contributed by atoms with Crippen LogP contribution in [0.5, 0.6) is 0 Å². The molecule has 0 atom stereocenters. The summed E-state index contributed by atoms with van der Waals surface area (Å²) >= 11 is 1.58. The first-order chi connectivity index (χ1) is 13.6. The Bertz CT molecular complexity index is 1250. The van der Waals surface area contributed by atoms with Gasteiger partial charge in [-0.1, -0.05) is 30.3 Å². The van der Waals surface area contributed by atoms with Gasteiger partial charge < -0.3 is 0 Å². The number of rotatable bonds is 3. The third kappa shape index (κ3) is 2.46. The Morgan fingerprint density at radius 3 is 2.32 bits per heavy atom. The second-order valence-electron chi connectivity index (χ2n) is 6.43. The standard InChI is InChI=1S/C22H12N2O3S/c25-22-16-5-2-1-4-15(16)21-20(22)17(12-18(23-21)19-6-3-11-28-19)13-7-9-14(10-8-13)24(26)27/h1-12H. The summed E-state index contributed by atoms with van der Waals surface area (Å²) in [6.45, 7) is 0. The molecule has 1 aliphatic carbocycles. The van der Waals surface area contributed by atoms with E-state index in [1.165, 1.54) is 12.1 Å². The summed E-state index contributed by atoms with van der Waals surface area (Å²) in [6.07, 6.45) is 0. The molecule has 0 unspecified atom stereocenters. The predicted molar refractivity (Wildman–Crippen MR) is 109 cm³/mol. The van der Waals surface area contributed by atoms with Crippen molar-refractivity contribution in [2.75, 3.05) is 0 Å². The highest BCUT2D eigenvalue weighted by Gasteiger charge is 2.31. The largest absolute Gasteiger partial charge is 0.288 e. The van der Waals surface area contributed by atoms with Crippen LogP contribution in [0.4, 0.5) is 5.69 Å². The molecule has 0 fully saturated rings. The number of nitro groups is 1. The highest BCUT2D eigenvalue weighted by atomic mass is 32.1. The van der Waals surface area contributed by atoms with Gasteiger partial charge in [0.2, 0.25) is 0 Å². The van der Waals surface area contributed by atoms with E-state index in [4.69, 9.17) is 4.98 Å². The molecule has 5 rings (SSSR count). The van der Waals surface area contributed by atoms with Gasteiger partial charge in [-0.3, -0.25) is 14.9 Å². The number of pyridine rings is 1. The van der Waals surface area contributed by atoms with Gasteiger partial charge in [-0.25, -0.2) is 4.98 Å². The fourth-order valence-electron chi connectivity index (χ4n) is 3.53. The van der Waals surface area contributed by atoms with E-state index in [1.54, 1.807) is 23.5 Å². The molecule has 2 aromatic heterocycles. The Kier molecular flexibility index (Phi) is 3.67. The summed E-state index contributed by atoms with van der Waals surface area (Å²) in [6, 6.07) is 19.6. The van der Waals surface area contributed by atoms with Gasteiger partial charge in [0.05, 0.1) is 26.8 Å². The summed E-state index contributed by atoms with van der Waals surface area (Å²) in [5, 5.41) is 13.0. The van der Waals surface area contributed by atoms with Crippen molar-refractivity contribution in [1.29, 1.82) is 0 Å². The van der Waals surface area contributed by atoms with Crippen molar-refractivity contribution in [2.24, 2.45) is 0 Å². The van der Waals surface area contributed by atoms with Gasteiger partial charge in [0.15, 0.2) is 5.78 Å². The molecule has 0 radical (unpaired) electrons. The van der Waals surface area contributed by atoms with Crippen LogP contribution in [0.1, 0.15) is 15.9 Å². The van der Waals surface area contributed by atoms with Crippen molar-refractivity contribution >= 4 is 22.8 Å². The zero-order chi connectivity index (χ0) is 19.3. The predicted octanol–water partition coefficient (Wildman–Crippen LogP) is 5.60. The molecule has 1 aliphatic rings. The third-order valence-corrected chi connectivity index (χ3v) is 5.73. The molecule has 0 spiro atoms. The van der Waals surface area contributed by atoms with Crippen LogP contribution in [0.3, 0.4) is 0 Å². The van der Waals surface area contributed by atoms with E-state index in [1.807, 2.05) is 47.8 Å². The van der Waals surface area contributed by atoms with Crippen LogP contribution in [0.2, 0.25) is 0 Å². The number of fused-ring (bicyclic) bond motifs is 3. The number of ketones is 1. The number of nitro benzene ring substituents is 1. The lowest BCUT2D eigenvalue weighted by molar-refractivity contribution is -0.384. The zero-order valence-corrected chi connectivity index (χ0v) is 15.3. The van der Waals surface area contributed by atoms with Crippen molar-refractivity contribution in [3.8, 4) is 33.0 Å². The van der Waals surface area contributed by atoms with E-state index in [0.29, 0.717) is 16.8 Å². The molecule has 0 aliphatic heterocycles. The molecule has 4 aromatic rings. The summed E-state index contributed by atoms with van der Waals surface area (Å²) in [7, 11) is 0. The van der Waals surface area contributed by atoms with Gasteiger partial charge in [-0.2, -0.15) is 0 Å². The Labute approximate surface area is 164 Å². The first-order valence-electron chi connectivity index (χ1n) is 8.61. The van der Waals surface area contributed by atoms with E-state index in [-0.39, 0.29) is 11.5 Å². The minimum absolute atomic E-state index is 0.0162. The second-order valence-corrected chi connectivity index (χ2v) is 7.38. The maximum atomic E-state index is 13.1.